The summed E-state index contributed by atoms with van der Waals surface area (Å²) in [5.74, 6) is -0.596. The van der Waals surface area contributed by atoms with E-state index >= 15 is 0 Å². The van der Waals surface area contributed by atoms with Gasteiger partial charge in [0, 0.05) is 17.7 Å². The molecular weight excluding hydrogens is 252 g/mol. The summed E-state index contributed by atoms with van der Waals surface area (Å²) in [7, 11) is 1.30. The maximum Gasteiger partial charge on any atom is 0.316 e. The van der Waals surface area contributed by atoms with Crippen molar-refractivity contribution in [1.82, 2.24) is 0 Å². The van der Waals surface area contributed by atoms with Gasteiger partial charge in [-0.15, -0.1) is 0 Å². The molecule has 0 saturated carbocycles. The van der Waals surface area contributed by atoms with Gasteiger partial charge in [-0.1, -0.05) is 13.8 Å². The molecule has 0 unspecified atom stereocenters. The van der Waals surface area contributed by atoms with Crippen molar-refractivity contribution >= 4 is 23.5 Å². The first kappa shape index (κ1) is 15.1. The Morgan fingerprint density at radius 1 is 1.67 bits per heavy atom. The van der Waals surface area contributed by atoms with Gasteiger partial charge < -0.3 is 9.84 Å². The summed E-state index contributed by atoms with van der Waals surface area (Å²) in [6, 6.07) is 0. The Balaban J connectivity index is 2.82. The van der Waals surface area contributed by atoms with Crippen LogP contribution in [0.25, 0.3) is 0 Å². The Hall–Kier alpha value is -0.970. The first-order chi connectivity index (χ1) is 8.49. The molecule has 0 spiro atoms. The fraction of sp³-hybridized carbons (Fsp3) is 0.692. The second-order valence-electron chi connectivity index (χ2n) is 4.50. The number of methoxy groups -OCH3 is 1. The first-order valence-corrected chi connectivity index (χ1v) is 7.17. The summed E-state index contributed by atoms with van der Waals surface area (Å²) < 4.78 is 4.71. The summed E-state index contributed by atoms with van der Waals surface area (Å²) >= 11 is 1.78. The topological polar surface area (TPSA) is 63.6 Å². The Morgan fingerprint density at radius 2 is 2.33 bits per heavy atom. The van der Waals surface area contributed by atoms with E-state index in [1.165, 1.54) is 7.11 Å². The Bertz CT molecular complexity index is 351. The Morgan fingerprint density at radius 3 is 2.89 bits per heavy atom. The summed E-state index contributed by atoms with van der Waals surface area (Å²) in [4.78, 5) is 23.2. The van der Waals surface area contributed by atoms with Crippen LogP contribution in [0.15, 0.2) is 11.8 Å². The number of ketones is 1. The number of carbonyl (C=O) groups excluding carboxylic acids is 2. The van der Waals surface area contributed by atoms with Crippen molar-refractivity contribution in [3.05, 3.63) is 11.8 Å². The average Bonchev–Trinajstić information content (AvgIpc) is 2.27. The molecule has 0 amide bonds. The SMILES string of the molecule is CCS[C@H](C)C[C@H]1CC(=O)C=C(O)[C@@H]1C(=O)OC. The van der Waals surface area contributed by atoms with E-state index in [1.807, 2.05) is 0 Å². The van der Waals surface area contributed by atoms with Crippen molar-refractivity contribution in [2.75, 3.05) is 12.9 Å². The third-order valence-electron chi connectivity index (χ3n) is 3.10. The Kier molecular flexibility index (Phi) is 5.72. The van der Waals surface area contributed by atoms with Crippen molar-refractivity contribution in [3.8, 4) is 0 Å². The molecule has 0 aromatic rings. The molecule has 3 atom stereocenters. The molecule has 0 bridgehead atoms. The van der Waals surface area contributed by atoms with Gasteiger partial charge in [0.1, 0.15) is 11.7 Å². The number of rotatable bonds is 5. The van der Waals surface area contributed by atoms with E-state index in [0.29, 0.717) is 11.7 Å². The number of aliphatic hydroxyl groups is 1. The standard InChI is InChI=1S/C13H20O4S/c1-4-18-8(2)5-9-6-10(14)7-11(15)12(9)13(16)17-3/h7-9,12,15H,4-6H2,1-3H3/t8-,9+,12-/m1/s1. The van der Waals surface area contributed by atoms with E-state index in [2.05, 4.69) is 13.8 Å². The highest BCUT2D eigenvalue weighted by Gasteiger charge is 2.38. The largest absolute Gasteiger partial charge is 0.511 e. The number of carbonyl (C=O) groups is 2. The van der Waals surface area contributed by atoms with E-state index in [9.17, 15) is 14.7 Å². The van der Waals surface area contributed by atoms with Gasteiger partial charge in [-0.25, -0.2) is 0 Å². The van der Waals surface area contributed by atoms with Crippen LogP contribution in [0.2, 0.25) is 0 Å². The van der Waals surface area contributed by atoms with Gasteiger partial charge in [0.25, 0.3) is 0 Å². The highest BCUT2D eigenvalue weighted by Crippen LogP contribution is 2.34. The van der Waals surface area contributed by atoms with Crippen molar-refractivity contribution in [2.24, 2.45) is 11.8 Å². The van der Waals surface area contributed by atoms with Crippen LogP contribution in [0.4, 0.5) is 0 Å². The molecule has 1 N–H and O–H groups in total. The van der Waals surface area contributed by atoms with Gasteiger partial charge in [0.15, 0.2) is 5.78 Å². The lowest BCUT2D eigenvalue weighted by molar-refractivity contribution is -0.147. The number of ether oxygens (including phenoxy) is 1. The first-order valence-electron chi connectivity index (χ1n) is 6.12. The maximum atomic E-state index is 11.7. The third-order valence-corrected chi connectivity index (χ3v) is 4.20. The summed E-state index contributed by atoms with van der Waals surface area (Å²) in [5.41, 5.74) is 0. The molecule has 18 heavy (non-hydrogen) atoms. The lowest BCUT2D eigenvalue weighted by Crippen LogP contribution is -2.33. The summed E-state index contributed by atoms with van der Waals surface area (Å²) in [6.07, 6.45) is 2.18. The van der Waals surface area contributed by atoms with Crippen LogP contribution in [-0.2, 0) is 14.3 Å². The number of aliphatic hydroxyl groups excluding tert-OH is 1. The minimum absolute atomic E-state index is 0.119. The maximum absolute atomic E-state index is 11.7. The van der Waals surface area contributed by atoms with Crippen molar-refractivity contribution in [3.63, 3.8) is 0 Å². The van der Waals surface area contributed by atoms with Crippen molar-refractivity contribution in [1.29, 1.82) is 0 Å². The molecule has 5 heteroatoms. The predicted octanol–water partition coefficient (Wildman–Crippen LogP) is 2.34. The number of hydrogen-bond acceptors (Lipinski definition) is 5. The highest BCUT2D eigenvalue weighted by molar-refractivity contribution is 7.99. The molecule has 0 fully saturated rings. The van der Waals surface area contributed by atoms with Crippen LogP contribution < -0.4 is 0 Å². The molecule has 4 nitrogen and oxygen atoms in total. The highest BCUT2D eigenvalue weighted by atomic mass is 32.2. The fourth-order valence-corrected chi connectivity index (χ4v) is 3.32. The van der Waals surface area contributed by atoms with E-state index < -0.39 is 11.9 Å². The molecule has 1 aliphatic rings. The van der Waals surface area contributed by atoms with Crippen LogP contribution in [0, 0.1) is 11.8 Å². The minimum Gasteiger partial charge on any atom is -0.511 e. The molecule has 0 saturated heterocycles. The monoisotopic (exact) mass is 272 g/mol. The molecule has 1 rings (SSSR count). The number of hydrogen-bond donors (Lipinski definition) is 1. The van der Waals surface area contributed by atoms with Crippen LogP contribution in [0.1, 0.15) is 26.7 Å². The smallest absolute Gasteiger partial charge is 0.316 e. The Labute approximate surface area is 112 Å². The fourth-order valence-electron chi connectivity index (χ4n) is 2.37. The molecule has 102 valence electrons. The van der Waals surface area contributed by atoms with Gasteiger partial charge in [-0.2, -0.15) is 11.8 Å². The lowest BCUT2D eigenvalue weighted by Gasteiger charge is -2.29. The zero-order valence-corrected chi connectivity index (χ0v) is 11.8. The molecular formula is C13H20O4S. The van der Waals surface area contributed by atoms with E-state index in [0.717, 1.165) is 18.2 Å². The average molecular weight is 272 g/mol. The van der Waals surface area contributed by atoms with E-state index in [1.54, 1.807) is 11.8 Å². The van der Waals surface area contributed by atoms with Gasteiger partial charge in [0.05, 0.1) is 7.11 Å². The molecule has 0 heterocycles. The number of allylic oxidation sites excluding steroid dienone is 1. The van der Waals surface area contributed by atoms with Crippen molar-refractivity contribution in [2.45, 2.75) is 31.9 Å². The van der Waals surface area contributed by atoms with E-state index in [-0.39, 0.29) is 17.5 Å². The van der Waals surface area contributed by atoms with Gasteiger partial charge in [0.2, 0.25) is 0 Å². The zero-order valence-electron chi connectivity index (χ0n) is 11.0. The van der Waals surface area contributed by atoms with E-state index in [4.69, 9.17) is 4.74 Å². The third kappa shape index (κ3) is 3.77. The quantitative estimate of drug-likeness (QED) is 0.778. The van der Waals surface area contributed by atoms with Crippen LogP contribution in [0.3, 0.4) is 0 Å². The summed E-state index contributed by atoms with van der Waals surface area (Å²) in [5, 5.41) is 10.1. The summed E-state index contributed by atoms with van der Waals surface area (Å²) in [6.45, 7) is 4.14. The normalized spacial score (nSPS) is 25.5. The van der Waals surface area contributed by atoms with Gasteiger partial charge >= 0.3 is 5.97 Å². The molecule has 0 aromatic carbocycles. The second-order valence-corrected chi connectivity index (χ2v) is 6.22. The van der Waals surface area contributed by atoms with Crippen molar-refractivity contribution < 1.29 is 19.4 Å². The predicted molar refractivity (Wildman–Crippen MR) is 71.5 cm³/mol. The molecule has 0 radical (unpaired) electrons. The lowest BCUT2D eigenvalue weighted by atomic mass is 9.79. The van der Waals surface area contributed by atoms with Crippen LogP contribution >= 0.6 is 11.8 Å². The molecule has 1 aliphatic carbocycles. The molecule has 0 aromatic heterocycles. The number of thioether (sulfide) groups is 1. The molecule has 0 aliphatic heterocycles. The van der Waals surface area contributed by atoms with Crippen LogP contribution in [0.5, 0.6) is 0 Å². The van der Waals surface area contributed by atoms with Crippen LogP contribution in [-0.4, -0.2) is 35.0 Å². The zero-order chi connectivity index (χ0) is 13.7. The minimum atomic E-state index is -0.687. The van der Waals surface area contributed by atoms with Gasteiger partial charge in [-0.3, -0.25) is 9.59 Å². The van der Waals surface area contributed by atoms with Gasteiger partial charge in [-0.05, 0) is 18.1 Å². The second kappa shape index (κ2) is 6.83. The number of esters is 1.